The molecule has 3 aromatic rings. The molecule has 0 saturated heterocycles. The van der Waals surface area contributed by atoms with Crippen molar-refractivity contribution in [2.45, 2.75) is 4.90 Å². The van der Waals surface area contributed by atoms with Crippen LogP contribution in [0.2, 0.25) is 0 Å². The van der Waals surface area contributed by atoms with Gasteiger partial charge >= 0.3 is 10.0 Å². The van der Waals surface area contributed by atoms with Gasteiger partial charge in [-0.15, -0.1) is 16.6 Å². The van der Waals surface area contributed by atoms with Crippen molar-refractivity contribution in [2.75, 3.05) is 6.54 Å². The molecule has 0 atom stereocenters. The molecule has 0 aliphatic carbocycles. The number of carbonyl (C=O) groups is 1. The van der Waals surface area contributed by atoms with E-state index in [2.05, 4.69) is 26.6 Å². The van der Waals surface area contributed by atoms with Crippen molar-refractivity contribution in [3.05, 3.63) is 60.2 Å². The van der Waals surface area contributed by atoms with Crippen LogP contribution in [0.15, 0.2) is 59.5 Å². The molecular weight excluding hydrogens is 354 g/mol. The minimum atomic E-state index is -4.02. The van der Waals surface area contributed by atoms with Crippen molar-refractivity contribution < 1.29 is 13.2 Å². The second-order valence-corrected chi connectivity index (χ2v) is 6.87. The lowest BCUT2D eigenvalue weighted by Gasteiger charge is -2.04. The average Bonchev–Trinajstić information content (AvgIpc) is 3.18. The fraction of sp³-hybridized carbons (Fsp3) is 0.0588. The second-order valence-electron chi connectivity index (χ2n) is 5.12. The van der Waals surface area contributed by atoms with E-state index in [1.807, 2.05) is 6.07 Å². The van der Waals surface area contributed by atoms with Crippen molar-refractivity contribution in [3.8, 4) is 23.7 Å². The summed E-state index contributed by atoms with van der Waals surface area (Å²) in [6.45, 7) is 0.0873. The molecular formula is C17H13N5O3S. The number of hydrogen-bond acceptors (Lipinski definition) is 6. The largest absolute Gasteiger partial charge is 0.341 e. The number of amides is 1. The molecule has 0 aliphatic heterocycles. The van der Waals surface area contributed by atoms with Crippen LogP contribution in [0, 0.1) is 12.3 Å². The van der Waals surface area contributed by atoms with E-state index >= 15 is 0 Å². The van der Waals surface area contributed by atoms with Gasteiger partial charge in [0.1, 0.15) is 0 Å². The maximum absolute atomic E-state index is 12.6. The van der Waals surface area contributed by atoms with E-state index in [1.165, 1.54) is 24.3 Å². The Balaban J connectivity index is 1.86. The summed E-state index contributed by atoms with van der Waals surface area (Å²) in [7, 11) is -4.02. The van der Waals surface area contributed by atoms with Gasteiger partial charge in [-0.05, 0) is 33.7 Å². The molecule has 1 amide bonds. The zero-order valence-corrected chi connectivity index (χ0v) is 14.2. The number of carbonyl (C=O) groups excluding carboxylic acids is 1. The van der Waals surface area contributed by atoms with Crippen molar-refractivity contribution >= 4 is 15.9 Å². The Morgan fingerprint density at radius 3 is 2.46 bits per heavy atom. The number of nitrogens with zero attached hydrogens (tertiary/aromatic N) is 4. The van der Waals surface area contributed by atoms with E-state index in [9.17, 15) is 13.2 Å². The molecule has 1 aromatic heterocycles. The standard InChI is InChI=1S/C17H13N5O3S/c1-2-12-18-17(23)14-8-10-15(11-9-14)26(24,25)22-20-16(19-21-22)13-6-4-3-5-7-13/h1,3-11H,12H2,(H,18,23). The fourth-order valence-corrected chi connectivity index (χ4v) is 3.10. The van der Waals surface area contributed by atoms with Gasteiger partial charge in [0.25, 0.3) is 5.91 Å². The summed E-state index contributed by atoms with van der Waals surface area (Å²) >= 11 is 0. The summed E-state index contributed by atoms with van der Waals surface area (Å²) in [6.07, 6.45) is 5.08. The van der Waals surface area contributed by atoms with Gasteiger partial charge in [-0.25, -0.2) is 0 Å². The van der Waals surface area contributed by atoms with Gasteiger partial charge in [-0.3, -0.25) is 4.79 Å². The number of hydrogen-bond donors (Lipinski definition) is 1. The van der Waals surface area contributed by atoms with E-state index < -0.39 is 15.9 Å². The lowest BCUT2D eigenvalue weighted by molar-refractivity contribution is 0.0958. The first-order chi connectivity index (χ1) is 12.5. The molecule has 0 radical (unpaired) electrons. The minimum absolute atomic E-state index is 0.0667. The Bertz CT molecular complexity index is 1070. The van der Waals surface area contributed by atoms with Crippen molar-refractivity contribution in [1.82, 2.24) is 24.9 Å². The summed E-state index contributed by atoms with van der Waals surface area (Å²) < 4.78 is 25.8. The predicted octanol–water partition coefficient (Wildman–Crippen LogP) is 0.940. The van der Waals surface area contributed by atoms with Gasteiger partial charge in [-0.1, -0.05) is 36.3 Å². The third kappa shape index (κ3) is 3.45. The zero-order valence-electron chi connectivity index (χ0n) is 13.4. The van der Waals surface area contributed by atoms with Crippen LogP contribution >= 0.6 is 0 Å². The maximum Gasteiger partial charge on any atom is 0.300 e. The first kappa shape index (κ1) is 17.3. The SMILES string of the molecule is C#CCNC(=O)c1ccc(S(=O)(=O)n2nnc(-c3ccccc3)n2)cc1. The summed E-state index contributed by atoms with van der Waals surface area (Å²) in [5, 5.41) is 13.8. The monoisotopic (exact) mass is 367 g/mol. The normalized spacial score (nSPS) is 10.9. The highest BCUT2D eigenvalue weighted by Gasteiger charge is 2.21. The van der Waals surface area contributed by atoms with Crippen LogP contribution in [0.4, 0.5) is 0 Å². The Morgan fingerprint density at radius 2 is 1.81 bits per heavy atom. The second kappa shape index (κ2) is 7.16. The zero-order chi connectivity index (χ0) is 18.6. The number of tetrazole rings is 1. The molecule has 0 aliphatic rings. The highest BCUT2D eigenvalue weighted by atomic mass is 32.2. The average molecular weight is 367 g/mol. The lowest BCUT2D eigenvalue weighted by Crippen LogP contribution is -2.23. The summed E-state index contributed by atoms with van der Waals surface area (Å²) in [4.78, 5) is 11.7. The smallest absolute Gasteiger partial charge is 0.300 e. The van der Waals surface area contributed by atoms with E-state index in [-0.39, 0.29) is 22.8 Å². The van der Waals surface area contributed by atoms with Crippen LogP contribution < -0.4 is 5.32 Å². The summed E-state index contributed by atoms with van der Waals surface area (Å²) in [5.74, 6) is 2.09. The van der Waals surface area contributed by atoms with Gasteiger partial charge in [0.05, 0.1) is 11.4 Å². The van der Waals surface area contributed by atoms with Gasteiger partial charge in [0.2, 0.25) is 5.82 Å². The molecule has 2 aromatic carbocycles. The Labute approximate surface area is 149 Å². The van der Waals surface area contributed by atoms with Gasteiger partial charge in [0, 0.05) is 11.1 Å². The number of aromatic nitrogens is 4. The topological polar surface area (TPSA) is 107 Å². The Kier molecular flexibility index (Phi) is 4.77. The molecule has 0 unspecified atom stereocenters. The Morgan fingerprint density at radius 1 is 1.12 bits per heavy atom. The first-order valence-corrected chi connectivity index (χ1v) is 8.89. The van der Waals surface area contributed by atoms with Crippen molar-refractivity contribution in [3.63, 3.8) is 0 Å². The third-order valence-electron chi connectivity index (χ3n) is 3.41. The van der Waals surface area contributed by atoms with Crippen LogP contribution in [0.25, 0.3) is 11.4 Å². The van der Waals surface area contributed by atoms with E-state index in [1.54, 1.807) is 24.3 Å². The molecule has 3 rings (SSSR count). The van der Waals surface area contributed by atoms with Crippen LogP contribution in [-0.4, -0.2) is 40.5 Å². The number of nitrogens with one attached hydrogen (secondary N) is 1. The van der Waals surface area contributed by atoms with Crippen LogP contribution in [0.3, 0.4) is 0 Å². The Hall–Kier alpha value is -3.51. The van der Waals surface area contributed by atoms with E-state index in [4.69, 9.17) is 6.42 Å². The molecule has 1 N–H and O–H groups in total. The molecule has 1 heterocycles. The molecule has 26 heavy (non-hydrogen) atoms. The van der Waals surface area contributed by atoms with Crippen LogP contribution in [-0.2, 0) is 10.0 Å². The number of terminal acetylenes is 1. The quantitative estimate of drug-likeness (QED) is 0.673. The molecule has 0 bridgehead atoms. The van der Waals surface area contributed by atoms with Gasteiger partial charge in [0.15, 0.2) is 0 Å². The number of rotatable bonds is 5. The van der Waals surface area contributed by atoms with Crippen molar-refractivity contribution in [1.29, 1.82) is 0 Å². The number of benzene rings is 2. The maximum atomic E-state index is 12.6. The molecule has 0 saturated carbocycles. The van der Waals surface area contributed by atoms with Gasteiger partial charge in [-0.2, -0.15) is 8.42 Å². The fourth-order valence-electron chi connectivity index (χ4n) is 2.11. The molecule has 9 heteroatoms. The molecule has 8 nitrogen and oxygen atoms in total. The summed E-state index contributed by atoms with van der Waals surface area (Å²) in [6, 6.07) is 14.3. The molecule has 0 fully saturated rings. The first-order valence-electron chi connectivity index (χ1n) is 7.45. The summed E-state index contributed by atoms with van der Waals surface area (Å²) in [5.41, 5.74) is 0.935. The molecule has 130 valence electrons. The van der Waals surface area contributed by atoms with Crippen LogP contribution in [0.1, 0.15) is 10.4 Å². The van der Waals surface area contributed by atoms with E-state index in [0.29, 0.717) is 9.77 Å². The predicted molar refractivity (Wildman–Crippen MR) is 93.4 cm³/mol. The minimum Gasteiger partial charge on any atom is -0.341 e. The van der Waals surface area contributed by atoms with Crippen molar-refractivity contribution in [2.24, 2.45) is 0 Å². The van der Waals surface area contributed by atoms with Crippen LogP contribution in [0.5, 0.6) is 0 Å². The third-order valence-corrected chi connectivity index (χ3v) is 4.86. The van der Waals surface area contributed by atoms with Gasteiger partial charge < -0.3 is 5.32 Å². The highest BCUT2D eigenvalue weighted by molar-refractivity contribution is 7.89. The highest BCUT2D eigenvalue weighted by Crippen LogP contribution is 2.16. The lowest BCUT2D eigenvalue weighted by atomic mass is 10.2. The van der Waals surface area contributed by atoms with E-state index in [0.717, 1.165) is 0 Å². The molecule has 0 spiro atoms.